The van der Waals surface area contributed by atoms with Gasteiger partial charge >= 0.3 is 0 Å². The largest absolute Gasteiger partial charge is 0.310 e. The lowest BCUT2D eigenvalue weighted by molar-refractivity contribution is 1.25. The first-order valence-corrected chi connectivity index (χ1v) is 8.43. The molecule has 0 heterocycles. The molecule has 0 atom stereocenters. The van der Waals surface area contributed by atoms with Crippen molar-refractivity contribution in [3.05, 3.63) is 96.6 Å². The smallest absolute Gasteiger partial charge is 0.0490 e. The molecule has 0 saturated heterocycles. The molecule has 0 N–H and O–H groups in total. The monoisotopic (exact) mass is 315 g/mol. The van der Waals surface area contributed by atoms with Crippen molar-refractivity contribution in [2.45, 2.75) is 20.8 Å². The number of anilines is 3. The maximum absolute atomic E-state index is 3.82. The third kappa shape index (κ3) is 3.94. The number of rotatable bonds is 4. The summed E-state index contributed by atoms with van der Waals surface area (Å²) in [5, 5.41) is 0. The number of para-hydroxylation sites is 2. The SMILES string of the molecule is C=Cc1ccc(N(c2ccccc2)c2ccccc2C)cc1.CC. The van der Waals surface area contributed by atoms with Gasteiger partial charge in [-0.3, -0.25) is 0 Å². The Morgan fingerprint density at radius 2 is 1.25 bits per heavy atom. The van der Waals surface area contributed by atoms with Crippen molar-refractivity contribution < 1.29 is 0 Å². The summed E-state index contributed by atoms with van der Waals surface area (Å²) in [5.41, 5.74) is 5.87. The average molecular weight is 315 g/mol. The molecule has 0 aliphatic heterocycles. The van der Waals surface area contributed by atoms with Crippen LogP contribution in [-0.4, -0.2) is 0 Å². The van der Waals surface area contributed by atoms with Crippen LogP contribution in [0.2, 0.25) is 0 Å². The number of nitrogens with zero attached hydrogens (tertiary/aromatic N) is 1. The molecule has 0 radical (unpaired) electrons. The topological polar surface area (TPSA) is 3.24 Å². The van der Waals surface area contributed by atoms with Crippen LogP contribution in [0.5, 0.6) is 0 Å². The van der Waals surface area contributed by atoms with Gasteiger partial charge in [0.1, 0.15) is 0 Å². The lowest BCUT2D eigenvalue weighted by Crippen LogP contribution is -2.11. The second-order valence-corrected chi connectivity index (χ2v) is 5.25. The zero-order valence-corrected chi connectivity index (χ0v) is 14.7. The van der Waals surface area contributed by atoms with E-state index in [1.54, 1.807) is 0 Å². The van der Waals surface area contributed by atoms with E-state index in [9.17, 15) is 0 Å². The van der Waals surface area contributed by atoms with E-state index >= 15 is 0 Å². The van der Waals surface area contributed by atoms with Crippen molar-refractivity contribution in [3.63, 3.8) is 0 Å². The van der Waals surface area contributed by atoms with E-state index in [-0.39, 0.29) is 0 Å². The quantitative estimate of drug-likeness (QED) is 0.495. The summed E-state index contributed by atoms with van der Waals surface area (Å²) in [6.07, 6.45) is 1.87. The molecule has 0 fully saturated rings. The number of aryl methyl sites for hydroxylation is 1. The Morgan fingerprint density at radius 1 is 0.708 bits per heavy atom. The Hall–Kier alpha value is -2.80. The molecule has 122 valence electrons. The second-order valence-electron chi connectivity index (χ2n) is 5.25. The molecule has 0 bridgehead atoms. The Morgan fingerprint density at radius 3 is 1.83 bits per heavy atom. The fourth-order valence-corrected chi connectivity index (χ4v) is 2.58. The average Bonchev–Trinajstić information content (AvgIpc) is 2.67. The van der Waals surface area contributed by atoms with Crippen molar-refractivity contribution in [1.82, 2.24) is 0 Å². The Kier molecular flexibility index (Phi) is 6.39. The minimum absolute atomic E-state index is 1.13. The summed E-state index contributed by atoms with van der Waals surface area (Å²) >= 11 is 0. The Labute approximate surface area is 145 Å². The molecule has 3 aromatic rings. The predicted molar refractivity (Wildman–Crippen MR) is 107 cm³/mol. The molecule has 1 nitrogen and oxygen atoms in total. The minimum Gasteiger partial charge on any atom is -0.310 e. The van der Waals surface area contributed by atoms with Crippen LogP contribution in [0.3, 0.4) is 0 Å². The van der Waals surface area contributed by atoms with Crippen LogP contribution in [0.4, 0.5) is 17.1 Å². The first-order valence-electron chi connectivity index (χ1n) is 8.43. The fourth-order valence-electron chi connectivity index (χ4n) is 2.58. The molecule has 0 aliphatic rings. The van der Waals surface area contributed by atoms with Gasteiger partial charge in [-0.05, 0) is 48.4 Å². The van der Waals surface area contributed by atoms with E-state index in [0.29, 0.717) is 0 Å². The van der Waals surface area contributed by atoms with Crippen molar-refractivity contribution in [3.8, 4) is 0 Å². The van der Waals surface area contributed by atoms with Crippen molar-refractivity contribution in [2.24, 2.45) is 0 Å². The molecule has 0 spiro atoms. The van der Waals surface area contributed by atoms with Crippen LogP contribution in [0.15, 0.2) is 85.4 Å². The third-order valence-electron chi connectivity index (χ3n) is 3.76. The predicted octanol–water partition coefficient (Wildman–Crippen LogP) is 7.13. The van der Waals surface area contributed by atoms with Gasteiger partial charge in [0.2, 0.25) is 0 Å². The van der Waals surface area contributed by atoms with E-state index in [2.05, 4.69) is 91.2 Å². The van der Waals surface area contributed by atoms with Gasteiger partial charge in [0, 0.05) is 17.1 Å². The molecule has 0 aromatic heterocycles. The van der Waals surface area contributed by atoms with E-state index in [4.69, 9.17) is 0 Å². The molecular weight excluding hydrogens is 290 g/mol. The minimum atomic E-state index is 1.13. The molecule has 1 heteroatoms. The maximum Gasteiger partial charge on any atom is 0.0490 e. The van der Waals surface area contributed by atoms with Crippen LogP contribution in [0.1, 0.15) is 25.0 Å². The highest BCUT2D eigenvalue weighted by Crippen LogP contribution is 2.36. The van der Waals surface area contributed by atoms with Gasteiger partial charge in [-0.2, -0.15) is 0 Å². The van der Waals surface area contributed by atoms with E-state index in [0.717, 1.165) is 16.9 Å². The van der Waals surface area contributed by atoms with Crippen LogP contribution < -0.4 is 4.90 Å². The third-order valence-corrected chi connectivity index (χ3v) is 3.76. The first kappa shape index (κ1) is 17.6. The number of hydrogen-bond donors (Lipinski definition) is 0. The molecular formula is C23H25N. The molecule has 0 aliphatic carbocycles. The van der Waals surface area contributed by atoms with Crippen molar-refractivity contribution >= 4 is 23.1 Å². The van der Waals surface area contributed by atoms with E-state index < -0.39 is 0 Å². The van der Waals surface area contributed by atoms with Gasteiger partial charge < -0.3 is 4.90 Å². The van der Waals surface area contributed by atoms with Gasteiger partial charge in [-0.1, -0.05) is 75.0 Å². The highest BCUT2D eigenvalue weighted by molar-refractivity contribution is 5.78. The summed E-state index contributed by atoms with van der Waals surface area (Å²) < 4.78 is 0. The van der Waals surface area contributed by atoms with Crippen molar-refractivity contribution in [2.75, 3.05) is 4.90 Å². The highest BCUT2D eigenvalue weighted by Gasteiger charge is 2.13. The summed E-state index contributed by atoms with van der Waals surface area (Å²) in [7, 11) is 0. The molecule has 0 amide bonds. The maximum atomic E-state index is 3.82. The summed E-state index contributed by atoms with van der Waals surface area (Å²) in [5.74, 6) is 0. The molecule has 0 saturated carbocycles. The van der Waals surface area contributed by atoms with Gasteiger partial charge in [0.15, 0.2) is 0 Å². The zero-order chi connectivity index (χ0) is 17.4. The first-order chi connectivity index (χ1) is 11.8. The molecule has 24 heavy (non-hydrogen) atoms. The van der Waals surface area contributed by atoms with Gasteiger partial charge in [0.25, 0.3) is 0 Å². The normalized spacial score (nSPS) is 9.62. The Balaban J connectivity index is 0.00000100. The van der Waals surface area contributed by atoms with Crippen LogP contribution in [0.25, 0.3) is 6.08 Å². The van der Waals surface area contributed by atoms with E-state index in [1.807, 2.05) is 26.0 Å². The van der Waals surface area contributed by atoms with Gasteiger partial charge in [-0.15, -0.1) is 0 Å². The standard InChI is InChI=1S/C21H19N.C2H6/c1-3-18-13-15-20(16-14-18)22(19-10-5-4-6-11-19)21-12-8-7-9-17(21)2;1-2/h3-16H,1H2,2H3;1-2H3. The van der Waals surface area contributed by atoms with E-state index in [1.165, 1.54) is 11.3 Å². The zero-order valence-electron chi connectivity index (χ0n) is 14.7. The molecule has 3 rings (SSSR count). The fraction of sp³-hybridized carbons (Fsp3) is 0.130. The number of hydrogen-bond acceptors (Lipinski definition) is 1. The lowest BCUT2D eigenvalue weighted by atomic mass is 10.1. The lowest BCUT2D eigenvalue weighted by Gasteiger charge is -2.27. The van der Waals surface area contributed by atoms with Crippen LogP contribution in [-0.2, 0) is 0 Å². The summed E-state index contributed by atoms with van der Waals surface area (Å²) in [6.45, 7) is 9.96. The number of benzene rings is 3. The molecule has 0 unspecified atom stereocenters. The van der Waals surface area contributed by atoms with Crippen LogP contribution >= 0.6 is 0 Å². The summed E-state index contributed by atoms with van der Waals surface area (Å²) in [6, 6.07) is 27.4. The Bertz CT molecular complexity index is 758. The van der Waals surface area contributed by atoms with Gasteiger partial charge in [0.05, 0.1) is 0 Å². The second kappa shape index (κ2) is 8.73. The van der Waals surface area contributed by atoms with Crippen LogP contribution in [0, 0.1) is 6.92 Å². The van der Waals surface area contributed by atoms with Gasteiger partial charge in [-0.25, -0.2) is 0 Å². The van der Waals surface area contributed by atoms with Crippen molar-refractivity contribution in [1.29, 1.82) is 0 Å². The molecule has 3 aromatic carbocycles. The highest BCUT2D eigenvalue weighted by atomic mass is 15.1. The summed E-state index contributed by atoms with van der Waals surface area (Å²) in [4.78, 5) is 2.28.